The third-order valence-corrected chi connectivity index (χ3v) is 6.12. The lowest BCUT2D eigenvalue weighted by Crippen LogP contribution is -2.30. The van der Waals surface area contributed by atoms with Gasteiger partial charge in [0.1, 0.15) is 17.2 Å². The van der Waals surface area contributed by atoms with E-state index in [0.717, 1.165) is 39.5 Å². The van der Waals surface area contributed by atoms with E-state index >= 15 is 0 Å². The molecule has 5 rings (SSSR count). The quantitative estimate of drug-likeness (QED) is 0.430. The first-order valence-electron chi connectivity index (χ1n) is 11.0. The second kappa shape index (κ2) is 7.96. The van der Waals surface area contributed by atoms with Crippen molar-refractivity contribution in [1.29, 1.82) is 0 Å². The smallest absolute Gasteiger partial charge is 0.273 e. The minimum Gasteiger partial charge on any atom is -0.496 e. The summed E-state index contributed by atoms with van der Waals surface area (Å²) in [7, 11) is 1.66. The Bertz CT molecular complexity index is 1280. The Labute approximate surface area is 193 Å². The minimum atomic E-state index is -0.290. The third kappa shape index (κ3) is 3.61. The Morgan fingerprint density at radius 2 is 1.82 bits per heavy atom. The van der Waals surface area contributed by atoms with Crippen LogP contribution in [0.1, 0.15) is 59.7 Å². The number of nitrogens with zero attached hydrogens (tertiary/aromatic N) is 2. The highest BCUT2D eigenvalue weighted by Gasteiger charge is 2.44. The van der Waals surface area contributed by atoms with Crippen LogP contribution < -0.4 is 4.74 Å². The fraction of sp³-hybridized carbons (Fsp3) is 0.259. The van der Waals surface area contributed by atoms with Gasteiger partial charge in [0.2, 0.25) is 0 Å². The van der Waals surface area contributed by atoms with Gasteiger partial charge in [-0.1, -0.05) is 63.2 Å². The summed E-state index contributed by atoms with van der Waals surface area (Å²) >= 11 is 0. The van der Waals surface area contributed by atoms with Crippen LogP contribution >= 0.6 is 0 Å². The second-order valence-corrected chi connectivity index (χ2v) is 9.36. The molecule has 6 nitrogen and oxygen atoms in total. The predicted molar refractivity (Wildman–Crippen MR) is 126 cm³/mol. The van der Waals surface area contributed by atoms with Gasteiger partial charge in [-0.3, -0.25) is 9.89 Å². The van der Waals surface area contributed by atoms with E-state index in [4.69, 9.17) is 9.15 Å². The number of benzene rings is 2. The molecule has 0 saturated heterocycles. The average molecular weight is 442 g/mol. The molecular formula is C27H27N3O3. The van der Waals surface area contributed by atoms with Crippen molar-refractivity contribution in [3.8, 4) is 17.1 Å². The molecule has 1 aliphatic heterocycles. The zero-order chi connectivity index (χ0) is 23.2. The summed E-state index contributed by atoms with van der Waals surface area (Å²) in [6, 6.07) is 19.5. The number of H-pyrrole nitrogens is 1. The molecule has 0 aliphatic carbocycles. The molecule has 1 unspecified atom stereocenters. The number of fused-ring (bicyclic) bond motifs is 1. The number of aromatic nitrogens is 2. The predicted octanol–water partition coefficient (Wildman–Crippen LogP) is 5.72. The molecule has 1 aliphatic rings. The first-order chi connectivity index (χ1) is 15.9. The lowest BCUT2D eigenvalue weighted by atomic mass is 9.85. The molecule has 0 saturated carbocycles. The van der Waals surface area contributed by atoms with Crippen molar-refractivity contribution in [3.63, 3.8) is 0 Å². The molecule has 2 aromatic carbocycles. The number of aromatic amines is 1. The van der Waals surface area contributed by atoms with Crippen molar-refractivity contribution in [2.45, 2.75) is 38.8 Å². The van der Waals surface area contributed by atoms with Gasteiger partial charge in [0, 0.05) is 28.7 Å². The van der Waals surface area contributed by atoms with E-state index in [0.29, 0.717) is 12.2 Å². The molecule has 0 fully saturated rings. The highest BCUT2D eigenvalue weighted by Crippen LogP contribution is 2.45. The molecule has 168 valence electrons. The first-order valence-corrected chi connectivity index (χ1v) is 11.0. The van der Waals surface area contributed by atoms with Crippen LogP contribution in [0, 0.1) is 0 Å². The summed E-state index contributed by atoms with van der Waals surface area (Å²) in [5.74, 6) is 1.52. The van der Waals surface area contributed by atoms with E-state index in [1.165, 1.54) is 0 Å². The van der Waals surface area contributed by atoms with Gasteiger partial charge in [-0.05, 0) is 23.8 Å². The number of nitrogens with one attached hydrogen (secondary N) is 1. The Hall–Kier alpha value is -3.80. The minimum absolute atomic E-state index is 0.0565. The average Bonchev–Trinajstić information content (AvgIpc) is 3.53. The monoisotopic (exact) mass is 441 g/mol. The van der Waals surface area contributed by atoms with Crippen LogP contribution in [0.3, 0.4) is 0 Å². The molecule has 3 heterocycles. The Kier molecular flexibility index (Phi) is 5.08. The lowest BCUT2D eigenvalue weighted by molar-refractivity contribution is 0.0727. The Morgan fingerprint density at radius 1 is 1.06 bits per heavy atom. The SMILES string of the molecule is COc1ccccc1C1c2c(C(C)(C)C)n[nH]c2C(=O)N1Cc1ccc(-c2ccco2)cc1. The number of carbonyl (C=O) groups excluding carboxylic acids is 1. The number of ether oxygens (including phenoxy) is 1. The third-order valence-electron chi connectivity index (χ3n) is 6.12. The van der Waals surface area contributed by atoms with Crippen molar-refractivity contribution in [3.05, 3.63) is 95.0 Å². The van der Waals surface area contributed by atoms with Crippen LogP contribution in [0.2, 0.25) is 0 Å². The number of carbonyl (C=O) groups is 1. The molecule has 0 radical (unpaired) electrons. The zero-order valence-electron chi connectivity index (χ0n) is 19.3. The molecule has 4 aromatic rings. The van der Waals surface area contributed by atoms with Gasteiger partial charge < -0.3 is 14.1 Å². The summed E-state index contributed by atoms with van der Waals surface area (Å²) in [5, 5.41) is 7.58. The van der Waals surface area contributed by atoms with Crippen LogP contribution in [-0.2, 0) is 12.0 Å². The van der Waals surface area contributed by atoms with Crippen LogP contribution in [-0.4, -0.2) is 28.1 Å². The number of furan rings is 1. The van der Waals surface area contributed by atoms with Crippen LogP contribution in [0.15, 0.2) is 71.3 Å². The van der Waals surface area contributed by atoms with Crippen molar-refractivity contribution < 1.29 is 13.9 Å². The Balaban J connectivity index is 1.57. The molecule has 2 aromatic heterocycles. The van der Waals surface area contributed by atoms with Crippen LogP contribution in [0.25, 0.3) is 11.3 Å². The maximum Gasteiger partial charge on any atom is 0.273 e. The molecule has 1 amide bonds. The molecule has 1 N–H and O–H groups in total. The van der Waals surface area contributed by atoms with E-state index in [9.17, 15) is 4.79 Å². The van der Waals surface area contributed by atoms with E-state index in [1.54, 1.807) is 13.4 Å². The highest BCUT2D eigenvalue weighted by molar-refractivity contribution is 5.98. The van der Waals surface area contributed by atoms with Crippen LogP contribution in [0.4, 0.5) is 0 Å². The van der Waals surface area contributed by atoms with Crippen molar-refractivity contribution in [2.75, 3.05) is 7.11 Å². The maximum absolute atomic E-state index is 13.6. The van der Waals surface area contributed by atoms with Gasteiger partial charge in [0.05, 0.1) is 25.1 Å². The summed E-state index contributed by atoms with van der Waals surface area (Å²) in [6.45, 7) is 6.81. The molecule has 1 atom stereocenters. The summed E-state index contributed by atoms with van der Waals surface area (Å²) in [4.78, 5) is 15.5. The van der Waals surface area contributed by atoms with Gasteiger partial charge in [-0.2, -0.15) is 5.10 Å². The fourth-order valence-corrected chi connectivity index (χ4v) is 4.56. The van der Waals surface area contributed by atoms with Gasteiger partial charge >= 0.3 is 0 Å². The van der Waals surface area contributed by atoms with E-state index in [-0.39, 0.29) is 17.4 Å². The highest BCUT2D eigenvalue weighted by atomic mass is 16.5. The molecule has 0 bridgehead atoms. The zero-order valence-corrected chi connectivity index (χ0v) is 19.3. The number of hydrogen-bond acceptors (Lipinski definition) is 4. The number of hydrogen-bond donors (Lipinski definition) is 1. The number of rotatable bonds is 5. The van der Waals surface area contributed by atoms with E-state index < -0.39 is 0 Å². The van der Waals surface area contributed by atoms with Crippen LogP contribution in [0.5, 0.6) is 5.75 Å². The lowest BCUT2D eigenvalue weighted by Gasteiger charge is -2.29. The molecule has 6 heteroatoms. The van der Waals surface area contributed by atoms with E-state index in [2.05, 4.69) is 31.0 Å². The molecule has 0 spiro atoms. The Morgan fingerprint density at radius 3 is 2.48 bits per heavy atom. The van der Waals surface area contributed by atoms with Gasteiger partial charge in [-0.15, -0.1) is 0 Å². The van der Waals surface area contributed by atoms with Gasteiger partial charge in [0.15, 0.2) is 0 Å². The summed E-state index contributed by atoms with van der Waals surface area (Å²) < 4.78 is 11.2. The van der Waals surface area contributed by atoms with Crippen molar-refractivity contribution >= 4 is 5.91 Å². The number of amides is 1. The topological polar surface area (TPSA) is 71.4 Å². The van der Waals surface area contributed by atoms with Crippen molar-refractivity contribution in [2.24, 2.45) is 0 Å². The molecule has 33 heavy (non-hydrogen) atoms. The normalized spacial score (nSPS) is 15.7. The fourth-order valence-electron chi connectivity index (χ4n) is 4.56. The second-order valence-electron chi connectivity index (χ2n) is 9.36. The molecular weight excluding hydrogens is 414 g/mol. The maximum atomic E-state index is 13.6. The van der Waals surface area contributed by atoms with E-state index in [1.807, 2.05) is 65.6 Å². The van der Waals surface area contributed by atoms with Crippen molar-refractivity contribution in [1.82, 2.24) is 15.1 Å². The van der Waals surface area contributed by atoms with Gasteiger partial charge in [-0.25, -0.2) is 0 Å². The standard InChI is InChI=1S/C27H27N3O3/c1-27(2,3)25-22-23(28-29-25)26(31)30(24(22)19-8-5-6-9-21(19)32-4)16-17-11-13-18(14-12-17)20-10-7-15-33-20/h5-15,24H,16H2,1-4H3,(H,28,29). The summed E-state index contributed by atoms with van der Waals surface area (Å²) in [6.07, 6.45) is 1.67. The largest absolute Gasteiger partial charge is 0.496 e. The summed E-state index contributed by atoms with van der Waals surface area (Å²) in [5.41, 5.74) is 5.16. The van der Waals surface area contributed by atoms with Gasteiger partial charge in [0.25, 0.3) is 5.91 Å². The number of methoxy groups -OCH3 is 1. The first kappa shape index (κ1) is 21.1. The number of para-hydroxylation sites is 1.